The maximum atomic E-state index is 13.4. The van der Waals surface area contributed by atoms with Crippen LogP contribution in [-0.4, -0.2) is 27.2 Å². The second-order valence-corrected chi connectivity index (χ2v) is 6.67. The van der Waals surface area contributed by atoms with E-state index in [9.17, 15) is 22.4 Å². The van der Waals surface area contributed by atoms with Gasteiger partial charge in [-0.05, 0) is 42.5 Å². The Labute approximate surface area is 168 Å². The fourth-order valence-electron chi connectivity index (χ4n) is 3.27. The lowest BCUT2D eigenvalue weighted by Gasteiger charge is -2.13. The van der Waals surface area contributed by atoms with Gasteiger partial charge in [0.05, 0.1) is 5.69 Å². The maximum Gasteiger partial charge on any atom is 0.431 e. The van der Waals surface area contributed by atoms with Crippen molar-refractivity contribution in [2.75, 3.05) is 6.54 Å². The zero-order valence-electron chi connectivity index (χ0n) is 15.5. The number of para-hydroxylation sites is 1. The van der Waals surface area contributed by atoms with Crippen LogP contribution in [0.25, 0.3) is 22.2 Å². The lowest BCUT2D eigenvalue weighted by Crippen LogP contribution is -2.28. The minimum atomic E-state index is -4.50. The third-order valence-electron chi connectivity index (χ3n) is 4.68. The van der Waals surface area contributed by atoms with Gasteiger partial charge in [-0.15, -0.1) is 0 Å². The van der Waals surface area contributed by atoms with Crippen molar-refractivity contribution in [3.8, 4) is 11.3 Å². The number of halogens is 4. The van der Waals surface area contributed by atoms with Gasteiger partial charge in [0.15, 0.2) is 0 Å². The van der Waals surface area contributed by atoms with Crippen molar-refractivity contribution < 1.29 is 22.4 Å². The average Bonchev–Trinajstić information content (AvgIpc) is 3.34. The molecule has 2 aromatic carbocycles. The zero-order chi connectivity index (χ0) is 21.3. The fourth-order valence-corrected chi connectivity index (χ4v) is 3.27. The van der Waals surface area contributed by atoms with Crippen LogP contribution in [-0.2, 0) is 12.7 Å². The molecule has 9 heteroatoms. The molecule has 2 aromatic heterocycles. The molecule has 0 aliphatic heterocycles. The molecular formula is C21H16F4N4O. The number of fused-ring (bicyclic) bond motifs is 1. The fraction of sp³-hybridized carbons (Fsp3) is 0.143. The molecule has 0 aliphatic rings. The van der Waals surface area contributed by atoms with E-state index < -0.39 is 17.8 Å². The molecule has 1 amide bonds. The molecule has 0 saturated heterocycles. The van der Waals surface area contributed by atoms with Crippen LogP contribution >= 0.6 is 0 Å². The number of nitrogens with zero attached hydrogens (tertiary/aromatic N) is 2. The van der Waals surface area contributed by atoms with E-state index in [2.05, 4.69) is 15.5 Å². The summed E-state index contributed by atoms with van der Waals surface area (Å²) in [6.45, 7) is -0.0570. The minimum Gasteiger partial charge on any atom is -0.349 e. The molecule has 0 radical (unpaired) electrons. The van der Waals surface area contributed by atoms with E-state index >= 15 is 0 Å². The first-order valence-corrected chi connectivity index (χ1v) is 9.08. The van der Waals surface area contributed by atoms with Gasteiger partial charge in [0.25, 0.3) is 5.91 Å². The Morgan fingerprint density at radius 2 is 1.80 bits per heavy atom. The SMILES string of the molecule is O=C(NCCn1c(C(F)(F)F)cc2ccccc21)c1cc(-c2ccc(F)cc2)n[nH]1. The Kier molecular flexibility index (Phi) is 5.03. The monoisotopic (exact) mass is 416 g/mol. The summed E-state index contributed by atoms with van der Waals surface area (Å²) < 4.78 is 54.3. The molecule has 2 N–H and O–H groups in total. The van der Waals surface area contributed by atoms with Gasteiger partial charge in [0.2, 0.25) is 0 Å². The first-order valence-electron chi connectivity index (χ1n) is 9.08. The number of hydrogen-bond donors (Lipinski definition) is 2. The number of aromatic amines is 1. The lowest BCUT2D eigenvalue weighted by molar-refractivity contribution is -0.143. The number of carbonyl (C=O) groups excluding carboxylic acids is 1. The van der Waals surface area contributed by atoms with Gasteiger partial charge in [-0.2, -0.15) is 18.3 Å². The summed E-state index contributed by atoms with van der Waals surface area (Å²) >= 11 is 0. The second-order valence-electron chi connectivity index (χ2n) is 6.67. The topological polar surface area (TPSA) is 62.7 Å². The first kappa shape index (κ1) is 19.7. The van der Waals surface area contributed by atoms with Gasteiger partial charge in [-0.25, -0.2) is 4.39 Å². The molecule has 0 atom stereocenters. The molecular weight excluding hydrogens is 400 g/mol. The molecule has 0 spiro atoms. The maximum absolute atomic E-state index is 13.4. The van der Waals surface area contributed by atoms with Gasteiger partial charge >= 0.3 is 6.18 Å². The highest BCUT2D eigenvalue weighted by Gasteiger charge is 2.35. The number of carbonyl (C=O) groups is 1. The molecule has 5 nitrogen and oxygen atoms in total. The van der Waals surface area contributed by atoms with Crippen LogP contribution in [0.3, 0.4) is 0 Å². The number of alkyl halides is 3. The molecule has 2 heterocycles. The molecule has 0 saturated carbocycles. The van der Waals surface area contributed by atoms with E-state index in [-0.39, 0.29) is 24.6 Å². The predicted octanol–water partition coefficient (Wildman–Crippen LogP) is 4.62. The number of H-pyrrole nitrogens is 1. The number of nitrogens with one attached hydrogen (secondary N) is 2. The van der Waals surface area contributed by atoms with E-state index in [0.717, 1.165) is 10.6 Å². The Balaban J connectivity index is 1.46. The number of amides is 1. The van der Waals surface area contributed by atoms with E-state index in [1.807, 2.05) is 0 Å². The van der Waals surface area contributed by atoms with Crippen LogP contribution in [0, 0.1) is 5.82 Å². The Bertz CT molecular complexity index is 1190. The third-order valence-corrected chi connectivity index (χ3v) is 4.68. The predicted molar refractivity (Wildman–Crippen MR) is 103 cm³/mol. The van der Waals surface area contributed by atoms with Crippen LogP contribution in [0.15, 0.2) is 60.7 Å². The highest BCUT2D eigenvalue weighted by Crippen LogP contribution is 2.33. The lowest BCUT2D eigenvalue weighted by atomic mass is 10.1. The van der Waals surface area contributed by atoms with Crippen LogP contribution in [0.4, 0.5) is 17.6 Å². The highest BCUT2D eigenvalue weighted by molar-refractivity contribution is 5.93. The van der Waals surface area contributed by atoms with Gasteiger partial charge < -0.3 is 9.88 Å². The van der Waals surface area contributed by atoms with Crippen LogP contribution in [0.2, 0.25) is 0 Å². The summed E-state index contributed by atoms with van der Waals surface area (Å²) in [4.78, 5) is 12.3. The van der Waals surface area contributed by atoms with Gasteiger partial charge in [-0.3, -0.25) is 9.89 Å². The molecule has 0 aliphatic carbocycles. The van der Waals surface area contributed by atoms with Crippen molar-refractivity contribution in [1.29, 1.82) is 0 Å². The Hall–Kier alpha value is -3.62. The van der Waals surface area contributed by atoms with Crippen molar-refractivity contribution in [3.63, 3.8) is 0 Å². The van der Waals surface area contributed by atoms with Crippen molar-refractivity contribution >= 4 is 16.8 Å². The summed E-state index contributed by atoms with van der Waals surface area (Å²) in [6, 6.07) is 14.8. The number of aromatic nitrogens is 3. The van der Waals surface area contributed by atoms with Crippen LogP contribution in [0.1, 0.15) is 16.2 Å². The van der Waals surface area contributed by atoms with Gasteiger partial charge in [0.1, 0.15) is 17.2 Å². The summed E-state index contributed by atoms with van der Waals surface area (Å²) in [5.41, 5.74) is 0.913. The molecule has 0 bridgehead atoms. The number of hydrogen-bond acceptors (Lipinski definition) is 2. The summed E-state index contributed by atoms with van der Waals surface area (Å²) in [6.07, 6.45) is -4.50. The molecule has 154 valence electrons. The van der Waals surface area contributed by atoms with Crippen molar-refractivity contribution in [3.05, 3.63) is 77.9 Å². The zero-order valence-corrected chi connectivity index (χ0v) is 15.5. The van der Waals surface area contributed by atoms with E-state index in [4.69, 9.17) is 0 Å². The van der Waals surface area contributed by atoms with Gasteiger partial charge in [-0.1, -0.05) is 18.2 Å². The smallest absolute Gasteiger partial charge is 0.349 e. The minimum absolute atomic E-state index is 0.00844. The van der Waals surface area contributed by atoms with Crippen LogP contribution in [0.5, 0.6) is 0 Å². The summed E-state index contributed by atoms with van der Waals surface area (Å²) in [5, 5.41) is 9.68. The summed E-state index contributed by atoms with van der Waals surface area (Å²) in [5.74, 6) is -0.885. The van der Waals surface area contributed by atoms with Crippen molar-refractivity contribution in [1.82, 2.24) is 20.1 Å². The Morgan fingerprint density at radius 3 is 2.53 bits per heavy atom. The second kappa shape index (κ2) is 7.66. The molecule has 0 fully saturated rings. The van der Waals surface area contributed by atoms with E-state index in [1.54, 1.807) is 24.3 Å². The largest absolute Gasteiger partial charge is 0.431 e. The summed E-state index contributed by atoms with van der Waals surface area (Å²) in [7, 11) is 0. The van der Waals surface area contributed by atoms with E-state index in [1.165, 1.54) is 30.3 Å². The third kappa shape index (κ3) is 3.91. The molecule has 4 aromatic rings. The quantitative estimate of drug-likeness (QED) is 0.467. The Morgan fingerprint density at radius 1 is 1.07 bits per heavy atom. The molecule has 30 heavy (non-hydrogen) atoms. The van der Waals surface area contributed by atoms with Crippen LogP contribution < -0.4 is 5.32 Å². The number of benzene rings is 2. The number of rotatable bonds is 5. The standard InChI is InChI=1S/C21H16F4N4O/c22-15-7-5-13(6-8-15)16-12-17(28-27-16)20(30)26-9-10-29-18-4-2-1-3-14(18)11-19(29)21(23,24)25/h1-8,11-12H,9-10H2,(H,26,30)(H,27,28). The normalized spacial score (nSPS) is 11.7. The average molecular weight is 416 g/mol. The van der Waals surface area contributed by atoms with Crippen molar-refractivity contribution in [2.24, 2.45) is 0 Å². The first-order chi connectivity index (χ1) is 14.3. The molecule has 4 rings (SSSR count). The van der Waals surface area contributed by atoms with Gasteiger partial charge in [0, 0.05) is 29.6 Å². The molecule has 0 unspecified atom stereocenters. The van der Waals surface area contributed by atoms with Crippen molar-refractivity contribution in [2.45, 2.75) is 12.7 Å². The highest BCUT2D eigenvalue weighted by atomic mass is 19.4. The van der Waals surface area contributed by atoms with E-state index in [0.29, 0.717) is 22.2 Å².